The highest BCUT2D eigenvalue weighted by Crippen LogP contribution is 2.26. The van der Waals surface area contributed by atoms with Gasteiger partial charge in [-0.15, -0.1) is 0 Å². The van der Waals surface area contributed by atoms with Gasteiger partial charge in [0.1, 0.15) is 0 Å². The molecule has 126 valence electrons. The van der Waals surface area contributed by atoms with Gasteiger partial charge in [-0.1, -0.05) is 33.1 Å². The molecule has 2 amide bonds. The molecule has 0 aromatic carbocycles. The standard InChI is InChI=1S/C17H30N2O3/c1-13(2)12-22-17(21)18-15-8-10-19(11-9-15)16(20)14-6-4-3-5-7-14/h13-15H,3-12H2,1-2H3,(H,18,21). The zero-order chi connectivity index (χ0) is 15.9. The first-order valence-electron chi connectivity index (χ1n) is 8.78. The van der Waals surface area contributed by atoms with Crippen LogP contribution in [0.5, 0.6) is 0 Å². The number of hydrogen-bond donors (Lipinski definition) is 1. The van der Waals surface area contributed by atoms with Gasteiger partial charge in [0.25, 0.3) is 0 Å². The van der Waals surface area contributed by atoms with Crippen LogP contribution in [0.15, 0.2) is 0 Å². The molecule has 0 spiro atoms. The van der Waals surface area contributed by atoms with Crippen molar-refractivity contribution in [3.8, 4) is 0 Å². The number of carbonyl (C=O) groups excluding carboxylic acids is 2. The molecule has 0 radical (unpaired) electrons. The van der Waals surface area contributed by atoms with Gasteiger partial charge in [-0.25, -0.2) is 4.79 Å². The molecule has 2 aliphatic rings. The third-order valence-corrected chi connectivity index (χ3v) is 4.63. The Morgan fingerprint density at radius 2 is 1.73 bits per heavy atom. The fourth-order valence-electron chi connectivity index (χ4n) is 3.30. The largest absolute Gasteiger partial charge is 0.449 e. The van der Waals surface area contributed by atoms with E-state index in [1.54, 1.807) is 0 Å². The first-order valence-corrected chi connectivity index (χ1v) is 8.78. The number of alkyl carbamates (subject to hydrolysis) is 1. The number of ether oxygens (including phenoxy) is 1. The van der Waals surface area contributed by atoms with E-state index in [-0.39, 0.29) is 18.1 Å². The smallest absolute Gasteiger partial charge is 0.407 e. The molecular weight excluding hydrogens is 280 g/mol. The van der Waals surface area contributed by atoms with Crippen LogP contribution >= 0.6 is 0 Å². The zero-order valence-corrected chi connectivity index (χ0v) is 14.0. The molecule has 5 nitrogen and oxygen atoms in total. The van der Waals surface area contributed by atoms with Crippen LogP contribution in [0.3, 0.4) is 0 Å². The van der Waals surface area contributed by atoms with Crippen LogP contribution in [0.25, 0.3) is 0 Å². The van der Waals surface area contributed by atoms with Crippen molar-refractivity contribution in [2.75, 3.05) is 19.7 Å². The van der Waals surface area contributed by atoms with Crippen molar-refractivity contribution in [1.29, 1.82) is 0 Å². The summed E-state index contributed by atoms with van der Waals surface area (Å²) < 4.78 is 5.15. The lowest BCUT2D eigenvalue weighted by Gasteiger charge is -2.35. The quantitative estimate of drug-likeness (QED) is 0.868. The van der Waals surface area contributed by atoms with Gasteiger partial charge in [0.15, 0.2) is 0 Å². The van der Waals surface area contributed by atoms with Crippen LogP contribution in [0.1, 0.15) is 58.8 Å². The Bertz CT molecular complexity index is 370. The fourth-order valence-corrected chi connectivity index (χ4v) is 3.30. The molecule has 1 aliphatic heterocycles. The topological polar surface area (TPSA) is 58.6 Å². The summed E-state index contributed by atoms with van der Waals surface area (Å²) in [5, 5.41) is 2.91. The minimum Gasteiger partial charge on any atom is -0.449 e. The molecule has 0 atom stereocenters. The van der Waals surface area contributed by atoms with Gasteiger partial charge in [0, 0.05) is 25.0 Å². The van der Waals surface area contributed by atoms with Crippen LogP contribution in [-0.4, -0.2) is 42.6 Å². The van der Waals surface area contributed by atoms with Crippen molar-refractivity contribution in [2.45, 2.75) is 64.8 Å². The number of nitrogens with zero attached hydrogens (tertiary/aromatic N) is 1. The van der Waals surface area contributed by atoms with Gasteiger partial charge >= 0.3 is 6.09 Å². The van der Waals surface area contributed by atoms with Gasteiger partial charge in [-0.2, -0.15) is 0 Å². The number of rotatable bonds is 4. The van der Waals surface area contributed by atoms with Crippen molar-refractivity contribution >= 4 is 12.0 Å². The lowest BCUT2D eigenvalue weighted by molar-refractivity contribution is -0.137. The van der Waals surface area contributed by atoms with Gasteiger partial charge in [0.2, 0.25) is 5.91 Å². The molecule has 2 rings (SSSR count). The van der Waals surface area contributed by atoms with Crippen molar-refractivity contribution < 1.29 is 14.3 Å². The molecule has 0 aromatic heterocycles. The number of hydrogen-bond acceptors (Lipinski definition) is 3. The molecular formula is C17H30N2O3. The molecule has 0 aromatic rings. The van der Waals surface area contributed by atoms with Crippen LogP contribution in [0.2, 0.25) is 0 Å². The summed E-state index contributed by atoms with van der Waals surface area (Å²) in [6, 6.07) is 0.134. The minimum atomic E-state index is -0.328. The maximum atomic E-state index is 12.5. The van der Waals surface area contributed by atoms with E-state index < -0.39 is 0 Å². The Morgan fingerprint density at radius 3 is 2.32 bits per heavy atom. The van der Waals surface area contributed by atoms with Gasteiger partial charge < -0.3 is 15.0 Å². The molecule has 1 aliphatic carbocycles. The first kappa shape index (κ1) is 17.1. The Hall–Kier alpha value is -1.26. The second-order valence-corrected chi connectivity index (χ2v) is 7.07. The summed E-state index contributed by atoms with van der Waals surface area (Å²) in [5.41, 5.74) is 0. The van der Waals surface area contributed by atoms with Crippen LogP contribution in [0.4, 0.5) is 4.79 Å². The maximum Gasteiger partial charge on any atom is 0.407 e. The van der Waals surface area contributed by atoms with E-state index >= 15 is 0 Å². The highest BCUT2D eigenvalue weighted by atomic mass is 16.5. The number of nitrogens with one attached hydrogen (secondary N) is 1. The average molecular weight is 310 g/mol. The molecule has 1 saturated carbocycles. The number of likely N-dealkylation sites (tertiary alicyclic amines) is 1. The van der Waals surface area contributed by atoms with Gasteiger partial charge in [-0.05, 0) is 31.6 Å². The molecule has 1 heterocycles. The molecule has 5 heteroatoms. The molecule has 0 unspecified atom stereocenters. The van der Waals surface area contributed by atoms with E-state index in [0.717, 1.165) is 38.8 Å². The minimum absolute atomic E-state index is 0.134. The third kappa shape index (κ3) is 5.18. The van der Waals surface area contributed by atoms with Crippen LogP contribution in [0, 0.1) is 11.8 Å². The predicted molar refractivity (Wildman–Crippen MR) is 85.5 cm³/mol. The highest BCUT2D eigenvalue weighted by Gasteiger charge is 2.29. The summed E-state index contributed by atoms with van der Waals surface area (Å²) in [5.74, 6) is 0.926. The van der Waals surface area contributed by atoms with E-state index in [9.17, 15) is 9.59 Å². The summed E-state index contributed by atoms with van der Waals surface area (Å²) in [7, 11) is 0. The Balaban J connectivity index is 1.68. The second-order valence-electron chi connectivity index (χ2n) is 7.07. The van der Waals surface area contributed by atoms with Crippen molar-refractivity contribution in [2.24, 2.45) is 11.8 Å². The van der Waals surface area contributed by atoms with Crippen LogP contribution in [-0.2, 0) is 9.53 Å². The lowest BCUT2D eigenvalue weighted by atomic mass is 9.87. The maximum absolute atomic E-state index is 12.5. The van der Waals surface area contributed by atoms with Gasteiger partial charge in [0.05, 0.1) is 6.61 Å². The summed E-state index contributed by atoms with van der Waals surface area (Å²) in [6.45, 7) is 5.99. The first-order chi connectivity index (χ1) is 10.6. The molecule has 22 heavy (non-hydrogen) atoms. The SMILES string of the molecule is CC(C)COC(=O)NC1CCN(C(=O)C2CCCCC2)CC1. The van der Waals surface area contributed by atoms with Crippen molar-refractivity contribution in [3.63, 3.8) is 0 Å². The van der Waals surface area contributed by atoms with Crippen molar-refractivity contribution in [3.05, 3.63) is 0 Å². The van der Waals surface area contributed by atoms with E-state index in [0.29, 0.717) is 18.4 Å². The van der Waals surface area contributed by atoms with Crippen LogP contribution < -0.4 is 5.32 Å². The van der Waals surface area contributed by atoms with Gasteiger partial charge in [-0.3, -0.25) is 4.79 Å². The number of piperidine rings is 1. The third-order valence-electron chi connectivity index (χ3n) is 4.63. The molecule has 1 saturated heterocycles. The van der Waals surface area contributed by atoms with Crippen molar-refractivity contribution in [1.82, 2.24) is 10.2 Å². The normalized spacial score (nSPS) is 21.0. The molecule has 0 bridgehead atoms. The average Bonchev–Trinajstić information content (AvgIpc) is 2.54. The summed E-state index contributed by atoms with van der Waals surface area (Å²) in [4.78, 5) is 26.1. The van der Waals surface area contributed by atoms with E-state index in [2.05, 4.69) is 5.32 Å². The Labute approximate surface area is 133 Å². The molecule has 2 fully saturated rings. The summed E-state index contributed by atoms with van der Waals surface area (Å²) in [6.07, 6.45) is 7.09. The monoisotopic (exact) mass is 310 g/mol. The number of amides is 2. The number of carbonyl (C=O) groups is 2. The van der Waals surface area contributed by atoms with E-state index in [1.807, 2.05) is 18.7 Å². The second kappa shape index (κ2) is 8.39. The Kier molecular flexibility index (Phi) is 6.52. The highest BCUT2D eigenvalue weighted by molar-refractivity contribution is 5.79. The van der Waals surface area contributed by atoms with E-state index in [1.165, 1.54) is 19.3 Å². The zero-order valence-electron chi connectivity index (χ0n) is 14.0. The predicted octanol–water partition coefficient (Wildman–Crippen LogP) is 2.94. The Morgan fingerprint density at radius 1 is 1.09 bits per heavy atom. The van der Waals surface area contributed by atoms with E-state index in [4.69, 9.17) is 4.74 Å². The summed E-state index contributed by atoms with van der Waals surface area (Å²) >= 11 is 0. The lowest BCUT2D eigenvalue weighted by Crippen LogP contribution is -2.48. The molecule has 1 N–H and O–H groups in total. The fraction of sp³-hybridized carbons (Fsp3) is 0.882.